The van der Waals surface area contributed by atoms with Crippen LogP contribution in [0.4, 0.5) is 0 Å². The Balaban J connectivity index is 2.93. The molecule has 5 N–H and O–H groups in total. The summed E-state index contributed by atoms with van der Waals surface area (Å²) in [6.45, 7) is 6.33. The molecule has 0 radical (unpaired) electrons. The molecule has 0 amide bonds. The van der Waals surface area contributed by atoms with Crippen molar-refractivity contribution in [3.63, 3.8) is 0 Å². The molecule has 0 spiro atoms. The Labute approximate surface area is 73.5 Å². The first kappa shape index (κ1) is 8.97. The molecule has 0 bridgehead atoms. The average Bonchev–Trinajstić information content (AvgIpc) is 1.97. The van der Waals surface area contributed by atoms with Gasteiger partial charge in [-0.1, -0.05) is 13.8 Å². The fourth-order valence-corrected chi connectivity index (χ4v) is 1.19. The van der Waals surface area contributed by atoms with Gasteiger partial charge in [-0.2, -0.15) is 0 Å². The highest BCUT2D eigenvalue weighted by Crippen LogP contribution is 2.25. The Hall–Kier alpha value is -1.12. The molecular weight excluding hydrogens is 150 g/mol. The van der Waals surface area contributed by atoms with Gasteiger partial charge in [-0.05, 0) is 18.9 Å². The Morgan fingerprint density at radius 3 is 2.42 bits per heavy atom. The van der Waals surface area contributed by atoms with Gasteiger partial charge in [0.05, 0.1) is 5.54 Å². The molecule has 0 aromatic carbocycles. The van der Waals surface area contributed by atoms with Crippen LogP contribution in [0.3, 0.4) is 0 Å². The second kappa shape index (κ2) is 2.73. The minimum absolute atomic E-state index is 0.150. The molecule has 1 unspecified atom stereocenters. The van der Waals surface area contributed by atoms with Crippen LogP contribution in [0.15, 0.2) is 23.7 Å². The zero-order valence-electron chi connectivity index (χ0n) is 7.89. The van der Waals surface area contributed by atoms with Crippen LogP contribution in [0.2, 0.25) is 0 Å². The van der Waals surface area contributed by atoms with Gasteiger partial charge in [-0.15, -0.1) is 0 Å². The maximum absolute atomic E-state index is 5.88. The third-order valence-electron chi connectivity index (χ3n) is 2.62. The van der Waals surface area contributed by atoms with Crippen LogP contribution in [-0.4, -0.2) is 5.54 Å². The Bertz CT molecular complexity index is 240. The highest BCUT2D eigenvalue weighted by atomic mass is 15.0. The molecule has 1 aliphatic heterocycles. The smallest absolute Gasteiger partial charge is 0.0759 e. The minimum Gasteiger partial charge on any atom is -0.400 e. The van der Waals surface area contributed by atoms with Gasteiger partial charge in [-0.3, -0.25) is 0 Å². The van der Waals surface area contributed by atoms with Crippen LogP contribution in [0.25, 0.3) is 0 Å². The van der Waals surface area contributed by atoms with Crippen molar-refractivity contribution in [3.05, 3.63) is 23.7 Å². The summed E-state index contributed by atoms with van der Waals surface area (Å²) in [6, 6.07) is 0. The molecule has 1 rings (SSSR count). The molecule has 0 aliphatic carbocycles. The highest BCUT2D eigenvalue weighted by Gasteiger charge is 2.31. The molecule has 0 aromatic heterocycles. The van der Waals surface area contributed by atoms with Gasteiger partial charge in [0.1, 0.15) is 0 Å². The van der Waals surface area contributed by atoms with Gasteiger partial charge in [0.15, 0.2) is 0 Å². The van der Waals surface area contributed by atoms with Gasteiger partial charge in [-0.25, -0.2) is 0 Å². The van der Waals surface area contributed by atoms with E-state index in [0.717, 1.165) is 5.70 Å². The molecule has 3 nitrogen and oxygen atoms in total. The van der Waals surface area contributed by atoms with Gasteiger partial charge in [0, 0.05) is 17.6 Å². The third kappa shape index (κ3) is 1.26. The van der Waals surface area contributed by atoms with E-state index in [1.54, 1.807) is 6.20 Å². The second-order valence-corrected chi connectivity index (χ2v) is 3.75. The van der Waals surface area contributed by atoms with Crippen molar-refractivity contribution >= 4 is 0 Å². The van der Waals surface area contributed by atoms with Gasteiger partial charge >= 0.3 is 0 Å². The summed E-state index contributed by atoms with van der Waals surface area (Å²) in [5.41, 5.74) is 12.8. The lowest BCUT2D eigenvalue weighted by Crippen LogP contribution is -2.50. The fourth-order valence-electron chi connectivity index (χ4n) is 1.19. The zero-order chi connectivity index (χ0) is 9.35. The summed E-state index contributed by atoms with van der Waals surface area (Å²) in [6.07, 6.45) is 3.62. The second-order valence-electron chi connectivity index (χ2n) is 3.75. The summed E-state index contributed by atoms with van der Waals surface area (Å²) in [5.74, 6) is 0.443. The molecule has 0 saturated heterocycles. The zero-order valence-corrected chi connectivity index (χ0v) is 7.89. The predicted molar refractivity (Wildman–Crippen MR) is 50.9 cm³/mol. The van der Waals surface area contributed by atoms with Crippen LogP contribution in [0.1, 0.15) is 20.8 Å². The van der Waals surface area contributed by atoms with Crippen molar-refractivity contribution in [2.45, 2.75) is 26.3 Å². The van der Waals surface area contributed by atoms with Gasteiger partial charge in [0.25, 0.3) is 0 Å². The van der Waals surface area contributed by atoms with E-state index in [1.165, 1.54) is 0 Å². The first-order valence-corrected chi connectivity index (χ1v) is 4.18. The summed E-state index contributed by atoms with van der Waals surface area (Å²) in [5, 5.41) is 3.21. The summed E-state index contributed by atoms with van der Waals surface area (Å²) >= 11 is 0. The van der Waals surface area contributed by atoms with E-state index in [2.05, 4.69) is 26.1 Å². The van der Waals surface area contributed by atoms with E-state index >= 15 is 0 Å². The van der Waals surface area contributed by atoms with E-state index in [4.69, 9.17) is 11.5 Å². The van der Waals surface area contributed by atoms with Crippen molar-refractivity contribution in [1.29, 1.82) is 0 Å². The van der Waals surface area contributed by atoms with E-state index in [1.807, 2.05) is 6.08 Å². The lowest BCUT2D eigenvalue weighted by atomic mass is 9.84. The molecule has 12 heavy (non-hydrogen) atoms. The molecule has 0 aromatic rings. The van der Waals surface area contributed by atoms with Crippen LogP contribution >= 0.6 is 0 Å². The molecule has 0 fully saturated rings. The van der Waals surface area contributed by atoms with E-state index in [9.17, 15) is 0 Å². The van der Waals surface area contributed by atoms with Crippen molar-refractivity contribution in [2.75, 3.05) is 0 Å². The monoisotopic (exact) mass is 167 g/mol. The first-order chi connectivity index (χ1) is 5.47. The number of hydrogen-bond acceptors (Lipinski definition) is 3. The maximum atomic E-state index is 5.88. The number of dihydropyridines is 1. The van der Waals surface area contributed by atoms with E-state index in [-0.39, 0.29) is 5.54 Å². The molecule has 1 aliphatic rings. The quantitative estimate of drug-likeness (QED) is 0.537. The standard InChI is InChI=1S/C9H17N3/c1-6(2)9(3)8(11)4-7(10)5-12-9/h4-6,12H,10-11H2,1-3H3. The lowest BCUT2D eigenvalue weighted by molar-refractivity contribution is 0.337. The molecule has 68 valence electrons. The van der Waals surface area contributed by atoms with E-state index < -0.39 is 0 Å². The van der Waals surface area contributed by atoms with Gasteiger partial charge < -0.3 is 16.8 Å². The Morgan fingerprint density at radius 2 is 2.00 bits per heavy atom. The third-order valence-corrected chi connectivity index (χ3v) is 2.62. The van der Waals surface area contributed by atoms with Crippen molar-refractivity contribution in [2.24, 2.45) is 17.4 Å². The number of allylic oxidation sites excluding steroid dienone is 1. The Morgan fingerprint density at radius 1 is 1.42 bits per heavy atom. The predicted octanol–water partition coefficient (Wildman–Crippen LogP) is 0.647. The fraction of sp³-hybridized carbons (Fsp3) is 0.556. The molecular formula is C9H17N3. The minimum atomic E-state index is -0.150. The summed E-state index contributed by atoms with van der Waals surface area (Å²) in [4.78, 5) is 0. The van der Waals surface area contributed by atoms with E-state index in [0.29, 0.717) is 11.6 Å². The highest BCUT2D eigenvalue weighted by molar-refractivity contribution is 5.31. The van der Waals surface area contributed by atoms with Crippen LogP contribution < -0.4 is 16.8 Å². The van der Waals surface area contributed by atoms with Crippen LogP contribution in [-0.2, 0) is 0 Å². The molecule has 1 heterocycles. The molecule has 0 saturated carbocycles. The molecule has 1 atom stereocenters. The number of nitrogens with two attached hydrogens (primary N) is 2. The van der Waals surface area contributed by atoms with Crippen molar-refractivity contribution in [1.82, 2.24) is 5.32 Å². The van der Waals surface area contributed by atoms with Crippen molar-refractivity contribution < 1.29 is 0 Å². The average molecular weight is 167 g/mol. The van der Waals surface area contributed by atoms with Gasteiger partial charge in [0.2, 0.25) is 0 Å². The maximum Gasteiger partial charge on any atom is 0.0759 e. The van der Waals surface area contributed by atoms with Crippen LogP contribution in [0.5, 0.6) is 0 Å². The van der Waals surface area contributed by atoms with Crippen molar-refractivity contribution in [3.8, 4) is 0 Å². The van der Waals surface area contributed by atoms with Crippen LogP contribution in [0, 0.1) is 5.92 Å². The number of hydrogen-bond donors (Lipinski definition) is 3. The lowest BCUT2D eigenvalue weighted by Gasteiger charge is -2.37. The normalized spacial score (nSPS) is 29.3. The first-order valence-electron chi connectivity index (χ1n) is 4.18. The SMILES string of the molecule is CC(C)C1(C)NC=C(N)C=C1N. The molecule has 3 heteroatoms. The summed E-state index contributed by atoms with van der Waals surface area (Å²) in [7, 11) is 0. The largest absolute Gasteiger partial charge is 0.400 e. The topological polar surface area (TPSA) is 64.1 Å². The summed E-state index contributed by atoms with van der Waals surface area (Å²) < 4.78 is 0. The number of rotatable bonds is 1. The number of nitrogens with one attached hydrogen (secondary N) is 1. The Kier molecular flexibility index (Phi) is 2.04.